The van der Waals surface area contributed by atoms with Crippen molar-refractivity contribution in [2.24, 2.45) is 5.73 Å². The molecule has 4 N–H and O–H groups in total. The summed E-state index contributed by atoms with van der Waals surface area (Å²) in [4.78, 5) is 23.9. The van der Waals surface area contributed by atoms with Crippen LogP contribution in [0, 0.1) is 0 Å². The molecule has 2 atom stereocenters. The molecule has 1 aliphatic rings. The third kappa shape index (κ3) is 3.55. The maximum Gasteiger partial charge on any atom is 0.253 e. The number of carbonyl (C=O) groups excluding carboxylic acids is 2. The molecule has 0 aliphatic carbocycles. The van der Waals surface area contributed by atoms with E-state index in [2.05, 4.69) is 10.6 Å². The number of methoxy groups -OCH3 is 1. The van der Waals surface area contributed by atoms with Crippen LogP contribution in [0.4, 0.5) is 5.69 Å². The normalized spacial score (nSPS) is 20.5. The number of ether oxygens (including phenoxy) is 2. The molecule has 7 nitrogen and oxygen atoms in total. The summed E-state index contributed by atoms with van der Waals surface area (Å²) >= 11 is 0. The molecule has 0 spiro atoms. The summed E-state index contributed by atoms with van der Waals surface area (Å²) in [5.74, 6) is -0.0175. The number of amides is 2. The van der Waals surface area contributed by atoms with E-state index in [-0.39, 0.29) is 17.9 Å². The Hall–Kier alpha value is -2.12. The van der Waals surface area contributed by atoms with Gasteiger partial charge in [-0.1, -0.05) is 0 Å². The quantitative estimate of drug-likeness (QED) is 0.735. The van der Waals surface area contributed by atoms with Crippen molar-refractivity contribution in [1.29, 1.82) is 0 Å². The van der Waals surface area contributed by atoms with Crippen molar-refractivity contribution in [3.05, 3.63) is 23.8 Å². The maximum absolute atomic E-state index is 12.3. The van der Waals surface area contributed by atoms with Crippen molar-refractivity contribution in [3.63, 3.8) is 0 Å². The van der Waals surface area contributed by atoms with Gasteiger partial charge in [-0.3, -0.25) is 9.59 Å². The van der Waals surface area contributed by atoms with Gasteiger partial charge in [-0.15, -0.1) is 0 Å². The molecule has 22 heavy (non-hydrogen) atoms. The third-order valence-electron chi connectivity index (χ3n) is 3.61. The first kappa shape index (κ1) is 16.3. The van der Waals surface area contributed by atoms with Crippen molar-refractivity contribution in [1.82, 2.24) is 5.32 Å². The third-order valence-corrected chi connectivity index (χ3v) is 3.61. The Bertz CT molecular complexity index is 562. The van der Waals surface area contributed by atoms with Crippen LogP contribution in [0.5, 0.6) is 5.75 Å². The standard InChI is InChI=1S/C15H21N3O4/c1-17-14(19)9-3-5-12(21-2)11(7-9)18-15(20)13-6-4-10(8-16)22-13/h3,5,7,10,13H,4,6,8,16H2,1-2H3,(H,17,19)(H,18,20)/t10-,13+/m1/s1. The van der Waals surface area contributed by atoms with E-state index in [9.17, 15) is 9.59 Å². The molecular weight excluding hydrogens is 286 g/mol. The topological polar surface area (TPSA) is 103 Å². The minimum atomic E-state index is -0.526. The van der Waals surface area contributed by atoms with Gasteiger partial charge in [0.15, 0.2) is 0 Å². The number of nitrogens with two attached hydrogens (primary N) is 1. The summed E-state index contributed by atoms with van der Waals surface area (Å²) in [6, 6.07) is 4.84. The van der Waals surface area contributed by atoms with E-state index in [0.717, 1.165) is 6.42 Å². The van der Waals surface area contributed by atoms with Gasteiger partial charge < -0.3 is 25.8 Å². The first-order valence-electron chi connectivity index (χ1n) is 7.15. The first-order chi connectivity index (χ1) is 10.6. The zero-order chi connectivity index (χ0) is 16.1. The van der Waals surface area contributed by atoms with E-state index in [1.165, 1.54) is 7.11 Å². The van der Waals surface area contributed by atoms with E-state index in [1.807, 2.05) is 0 Å². The lowest BCUT2D eigenvalue weighted by atomic mass is 10.1. The van der Waals surface area contributed by atoms with E-state index in [4.69, 9.17) is 15.2 Å². The Balaban J connectivity index is 2.13. The molecule has 1 heterocycles. The van der Waals surface area contributed by atoms with Crippen LogP contribution in [0.25, 0.3) is 0 Å². The van der Waals surface area contributed by atoms with Crippen LogP contribution in [0.1, 0.15) is 23.2 Å². The van der Waals surface area contributed by atoms with Gasteiger partial charge >= 0.3 is 0 Å². The van der Waals surface area contributed by atoms with Gasteiger partial charge in [-0.2, -0.15) is 0 Å². The number of carbonyl (C=O) groups is 2. The first-order valence-corrected chi connectivity index (χ1v) is 7.15. The Morgan fingerprint density at radius 2 is 2.18 bits per heavy atom. The Morgan fingerprint density at radius 3 is 2.77 bits per heavy atom. The van der Waals surface area contributed by atoms with Crippen LogP contribution in [-0.2, 0) is 9.53 Å². The van der Waals surface area contributed by atoms with Gasteiger partial charge in [-0.05, 0) is 31.0 Å². The highest BCUT2D eigenvalue weighted by molar-refractivity contribution is 5.99. The van der Waals surface area contributed by atoms with Crippen LogP contribution in [0.2, 0.25) is 0 Å². The molecular formula is C15H21N3O4. The average Bonchev–Trinajstić information content (AvgIpc) is 3.03. The summed E-state index contributed by atoms with van der Waals surface area (Å²) in [5.41, 5.74) is 6.42. The Labute approximate surface area is 129 Å². The largest absolute Gasteiger partial charge is 0.495 e. The molecule has 1 fully saturated rings. The van der Waals surface area contributed by atoms with Crippen LogP contribution >= 0.6 is 0 Å². The lowest BCUT2D eigenvalue weighted by Crippen LogP contribution is -2.30. The van der Waals surface area contributed by atoms with Gasteiger partial charge in [-0.25, -0.2) is 0 Å². The van der Waals surface area contributed by atoms with Crippen LogP contribution in [-0.4, -0.2) is 44.7 Å². The number of rotatable bonds is 5. The molecule has 120 valence electrons. The summed E-state index contributed by atoms with van der Waals surface area (Å²) in [6.07, 6.45) is 0.798. The second-order valence-corrected chi connectivity index (χ2v) is 5.04. The number of nitrogens with one attached hydrogen (secondary N) is 2. The highest BCUT2D eigenvalue weighted by atomic mass is 16.5. The Kier molecular flexibility index (Phi) is 5.35. The summed E-state index contributed by atoms with van der Waals surface area (Å²) in [7, 11) is 3.05. The van der Waals surface area contributed by atoms with Crippen molar-refractivity contribution in [2.75, 3.05) is 26.0 Å². The van der Waals surface area contributed by atoms with E-state index in [0.29, 0.717) is 30.0 Å². The molecule has 0 aromatic heterocycles. The minimum absolute atomic E-state index is 0.0742. The SMILES string of the molecule is CNC(=O)c1ccc(OC)c(NC(=O)[C@@H]2CC[C@H](CN)O2)c1. The molecule has 1 aromatic carbocycles. The predicted molar refractivity (Wildman–Crippen MR) is 82.0 cm³/mol. The van der Waals surface area contributed by atoms with Gasteiger partial charge in [0, 0.05) is 19.2 Å². The lowest BCUT2D eigenvalue weighted by Gasteiger charge is -2.15. The second kappa shape index (κ2) is 7.24. The molecule has 7 heteroatoms. The second-order valence-electron chi connectivity index (χ2n) is 5.04. The van der Waals surface area contributed by atoms with Crippen LogP contribution in [0.15, 0.2) is 18.2 Å². The molecule has 0 unspecified atom stereocenters. The summed E-state index contributed by atoms with van der Waals surface area (Å²) < 4.78 is 10.8. The minimum Gasteiger partial charge on any atom is -0.495 e. The van der Waals surface area contributed by atoms with Gasteiger partial charge in [0.05, 0.1) is 18.9 Å². The van der Waals surface area contributed by atoms with Crippen molar-refractivity contribution >= 4 is 17.5 Å². The van der Waals surface area contributed by atoms with Gasteiger partial charge in [0.1, 0.15) is 11.9 Å². The highest BCUT2D eigenvalue weighted by Gasteiger charge is 2.30. The van der Waals surface area contributed by atoms with Gasteiger partial charge in [0.2, 0.25) is 0 Å². The number of benzene rings is 1. The molecule has 1 saturated heterocycles. The van der Waals surface area contributed by atoms with E-state index in [1.54, 1.807) is 25.2 Å². The number of hydrogen-bond donors (Lipinski definition) is 3. The summed E-state index contributed by atoms with van der Waals surface area (Å²) in [6.45, 7) is 0.402. The number of hydrogen-bond acceptors (Lipinski definition) is 5. The predicted octanol–water partition coefficient (Wildman–Crippen LogP) is 0.500. The monoisotopic (exact) mass is 307 g/mol. The molecule has 0 bridgehead atoms. The lowest BCUT2D eigenvalue weighted by molar-refractivity contribution is -0.126. The van der Waals surface area contributed by atoms with Gasteiger partial charge in [0.25, 0.3) is 11.8 Å². The van der Waals surface area contributed by atoms with Crippen molar-refractivity contribution < 1.29 is 19.1 Å². The van der Waals surface area contributed by atoms with Crippen molar-refractivity contribution in [2.45, 2.75) is 25.0 Å². The fourth-order valence-corrected chi connectivity index (χ4v) is 2.38. The van der Waals surface area contributed by atoms with E-state index < -0.39 is 6.10 Å². The van der Waals surface area contributed by atoms with Crippen molar-refractivity contribution in [3.8, 4) is 5.75 Å². The molecule has 1 aromatic rings. The molecule has 2 amide bonds. The smallest absolute Gasteiger partial charge is 0.253 e. The zero-order valence-electron chi connectivity index (χ0n) is 12.7. The maximum atomic E-state index is 12.3. The molecule has 0 saturated carbocycles. The average molecular weight is 307 g/mol. The number of anilines is 1. The Morgan fingerprint density at radius 1 is 1.41 bits per heavy atom. The highest BCUT2D eigenvalue weighted by Crippen LogP contribution is 2.27. The fourth-order valence-electron chi connectivity index (χ4n) is 2.38. The van der Waals surface area contributed by atoms with Crippen LogP contribution in [0.3, 0.4) is 0 Å². The zero-order valence-corrected chi connectivity index (χ0v) is 12.7. The molecule has 0 radical (unpaired) electrons. The molecule has 1 aliphatic heterocycles. The van der Waals surface area contributed by atoms with E-state index >= 15 is 0 Å². The molecule has 2 rings (SSSR count). The van der Waals surface area contributed by atoms with Crippen LogP contribution < -0.4 is 21.1 Å². The fraction of sp³-hybridized carbons (Fsp3) is 0.467. The summed E-state index contributed by atoms with van der Waals surface area (Å²) in [5, 5.41) is 5.29.